The van der Waals surface area contributed by atoms with Crippen LogP contribution in [0.25, 0.3) is 0 Å². The Kier molecular flexibility index (Phi) is 9.00. The molecule has 2 aromatic carbocycles. The number of carbonyl (C=O) groups is 2. The highest BCUT2D eigenvalue weighted by Gasteiger charge is 2.31. The zero-order valence-corrected chi connectivity index (χ0v) is 22.6. The Bertz CT molecular complexity index is 1170. The lowest BCUT2D eigenvalue weighted by atomic mass is 10.1. The fourth-order valence-electron chi connectivity index (χ4n) is 4.58. The molecule has 0 radical (unpaired) electrons. The van der Waals surface area contributed by atoms with Gasteiger partial charge in [-0.25, -0.2) is 8.42 Å². The molecule has 1 fully saturated rings. The Morgan fingerprint density at radius 1 is 1.08 bits per heavy atom. The first-order valence-electron chi connectivity index (χ1n) is 12.3. The van der Waals surface area contributed by atoms with E-state index in [1.165, 1.54) is 4.90 Å². The largest absolute Gasteiger partial charge is 0.497 e. The number of methoxy groups -OCH3 is 1. The monoisotopic (exact) mass is 515 g/mol. The molecular weight excluding hydrogens is 478 g/mol. The summed E-state index contributed by atoms with van der Waals surface area (Å²) in [6, 6.07) is 12.0. The minimum absolute atomic E-state index is 0.112. The Morgan fingerprint density at radius 3 is 2.28 bits per heavy atom. The van der Waals surface area contributed by atoms with Crippen molar-refractivity contribution in [2.45, 2.75) is 65.1 Å². The van der Waals surface area contributed by atoms with Gasteiger partial charge < -0.3 is 15.0 Å². The number of hydrogen-bond donors (Lipinski definition) is 1. The number of rotatable bonds is 10. The van der Waals surface area contributed by atoms with Crippen LogP contribution in [-0.4, -0.2) is 57.1 Å². The fraction of sp³-hybridized carbons (Fsp3) is 0.481. The molecule has 1 atom stereocenters. The second kappa shape index (κ2) is 11.8. The van der Waals surface area contributed by atoms with Crippen molar-refractivity contribution < 1.29 is 22.7 Å². The Labute approximate surface area is 214 Å². The molecule has 0 saturated heterocycles. The number of aryl methyl sites for hydroxylation is 2. The molecule has 36 heavy (non-hydrogen) atoms. The molecule has 1 aliphatic carbocycles. The first-order chi connectivity index (χ1) is 17.0. The highest BCUT2D eigenvalue weighted by atomic mass is 32.2. The van der Waals surface area contributed by atoms with Crippen LogP contribution in [0.1, 0.15) is 49.3 Å². The van der Waals surface area contributed by atoms with Gasteiger partial charge in [-0.1, -0.05) is 42.7 Å². The number of nitrogens with zero attached hydrogens (tertiary/aromatic N) is 2. The van der Waals surface area contributed by atoms with Crippen molar-refractivity contribution in [1.29, 1.82) is 0 Å². The van der Waals surface area contributed by atoms with E-state index in [0.717, 1.165) is 52.9 Å². The first kappa shape index (κ1) is 27.5. The van der Waals surface area contributed by atoms with Crippen molar-refractivity contribution in [3.8, 4) is 5.75 Å². The van der Waals surface area contributed by atoms with E-state index in [9.17, 15) is 18.0 Å². The summed E-state index contributed by atoms with van der Waals surface area (Å²) in [6.45, 7) is 5.19. The highest BCUT2D eigenvalue weighted by molar-refractivity contribution is 7.92. The lowest BCUT2D eigenvalue weighted by Gasteiger charge is -2.32. The second-order valence-corrected chi connectivity index (χ2v) is 11.5. The predicted octanol–water partition coefficient (Wildman–Crippen LogP) is 3.55. The van der Waals surface area contributed by atoms with Crippen molar-refractivity contribution in [1.82, 2.24) is 10.2 Å². The zero-order chi connectivity index (χ0) is 26.5. The molecule has 0 aliphatic heterocycles. The van der Waals surface area contributed by atoms with Crippen molar-refractivity contribution >= 4 is 27.5 Å². The van der Waals surface area contributed by atoms with E-state index in [0.29, 0.717) is 11.4 Å². The lowest BCUT2D eigenvalue weighted by molar-refractivity contribution is -0.139. The molecule has 3 rings (SSSR count). The molecule has 0 aromatic heterocycles. The number of carbonyl (C=O) groups excluding carboxylic acids is 2. The summed E-state index contributed by atoms with van der Waals surface area (Å²) in [5.74, 6) is -0.00628. The predicted molar refractivity (Wildman–Crippen MR) is 142 cm³/mol. The number of nitrogens with one attached hydrogen (secondary N) is 1. The summed E-state index contributed by atoms with van der Waals surface area (Å²) in [7, 11) is -2.18. The van der Waals surface area contributed by atoms with Crippen LogP contribution in [0, 0.1) is 13.8 Å². The SMILES string of the molecule is COc1ccc(CN(C(=O)CN(c2ccc(C)cc2C)S(C)(=O)=O)[C@@H](C)C(=O)NC2CCCC2)cc1. The van der Waals surface area contributed by atoms with Crippen molar-refractivity contribution in [3.63, 3.8) is 0 Å². The average Bonchev–Trinajstić information content (AvgIpc) is 3.33. The molecule has 0 spiro atoms. The van der Waals surface area contributed by atoms with Gasteiger partial charge in [0, 0.05) is 12.6 Å². The van der Waals surface area contributed by atoms with E-state index in [1.54, 1.807) is 32.2 Å². The summed E-state index contributed by atoms with van der Waals surface area (Å²) in [5.41, 5.74) is 3.00. The number of anilines is 1. The van der Waals surface area contributed by atoms with E-state index in [2.05, 4.69) is 5.32 Å². The van der Waals surface area contributed by atoms with Crippen LogP contribution in [0.4, 0.5) is 5.69 Å². The molecule has 196 valence electrons. The van der Waals surface area contributed by atoms with Gasteiger partial charge >= 0.3 is 0 Å². The molecule has 0 bridgehead atoms. The second-order valence-electron chi connectivity index (χ2n) is 9.60. The summed E-state index contributed by atoms with van der Waals surface area (Å²) < 4.78 is 31.8. The van der Waals surface area contributed by atoms with Gasteiger partial charge in [0.1, 0.15) is 18.3 Å². The summed E-state index contributed by atoms with van der Waals surface area (Å²) in [4.78, 5) is 28.3. The third kappa shape index (κ3) is 7.00. The summed E-state index contributed by atoms with van der Waals surface area (Å²) in [6.07, 6.45) is 5.10. The minimum atomic E-state index is -3.76. The summed E-state index contributed by atoms with van der Waals surface area (Å²) in [5, 5.41) is 3.06. The van der Waals surface area contributed by atoms with Crippen LogP contribution in [0.15, 0.2) is 42.5 Å². The van der Waals surface area contributed by atoms with Gasteiger partial charge in [0.25, 0.3) is 0 Å². The maximum Gasteiger partial charge on any atom is 0.244 e. The quantitative estimate of drug-likeness (QED) is 0.522. The Balaban J connectivity index is 1.89. The molecule has 1 saturated carbocycles. The van der Waals surface area contributed by atoms with Crippen LogP contribution in [0.3, 0.4) is 0 Å². The Hall–Kier alpha value is -3.07. The van der Waals surface area contributed by atoms with Crippen molar-refractivity contribution in [3.05, 3.63) is 59.2 Å². The van der Waals surface area contributed by atoms with Gasteiger partial charge in [-0.2, -0.15) is 0 Å². The van der Waals surface area contributed by atoms with E-state index < -0.39 is 28.5 Å². The first-order valence-corrected chi connectivity index (χ1v) is 14.1. The maximum absolute atomic E-state index is 13.7. The molecular formula is C27H37N3O5S. The van der Waals surface area contributed by atoms with Crippen molar-refractivity contribution in [2.75, 3.05) is 24.2 Å². The molecule has 8 nitrogen and oxygen atoms in total. The standard InChI is InChI=1S/C27H37N3O5S/c1-19-10-15-25(20(2)16-19)30(36(5,33)34)18-26(31)29(17-22-11-13-24(35-4)14-12-22)21(3)27(32)28-23-8-6-7-9-23/h10-16,21,23H,6-9,17-18H2,1-5H3,(H,28,32)/t21-/m0/s1. The van der Waals surface area contributed by atoms with Gasteiger partial charge in [-0.15, -0.1) is 0 Å². The topological polar surface area (TPSA) is 96.0 Å². The van der Waals surface area contributed by atoms with E-state index >= 15 is 0 Å². The van der Waals surface area contributed by atoms with E-state index in [4.69, 9.17) is 4.74 Å². The zero-order valence-electron chi connectivity index (χ0n) is 21.8. The average molecular weight is 516 g/mol. The van der Waals surface area contributed by atoms with Gasteiger partial charge in [0.05, 0.1) is 19.1 Å². The smallest absolute Gasteiger partial charge is 0.244 e. The number of hydrogen-bond acceptors (Lipinski definition) is 5. The van der Waals surface area contributed by atoms with Gasteiger partial charge in [0.15, 0.2) is 0 Å². The third-order valence-electron chi connectivity index (χ3n) is 6.68. The molecule has 0 heterocycles. The number of amides is 2. The van der Waals surface area contributed by atoms with Gasteiger partial charge in [-0.05, 0) is 62.9 Å². The van der Waals surface area contributed by atoms with Crippen LogP contribution in [-0.2, 0) is 26.2 Å². The lowest BCUT2D eigenvalue weighted by Crippen LogP contribution is -2.52. The van der Waals surface area contributed by atoms with Crippen LogP contribution in [0.2, 0.25) is 0 Å². The van der Waals surface area contributed by atoms with Crippen LogP contribution < -0.4 is 14.4 Å². The highest BCUT2D eigenvalue weighted by Crippen LogP contribution is 2.25. The molecule has 1 N–H and O–H groups in total. The minimum Gasteiger partial charge on any atom is -0.497 e. The molecule has 0 unspecified atom stereocenters. The third-order valence-corrected chi connectivity index (χ3v) is 7.81. The van der Waals surface area contributed by atoms with E-state index in [1.807, 2.05) is 38.1 Å². The van der Waals surface area contributed by atoms with Gasteiger partial charge in [-0.3, -0.25) is 13.9 Å². The Morgan fingerprint density at radius 2 is 1.72 bits per heavy atom. The van der Waals surface area contributed by atoms with Crippen LogP contribution >= 0.6 is 0 Å². The van der Waals surface area contributed by atoms with Gasteiger partial charge in [0.2, 0.25) is 21.8 Å². The molecule has 9 heteroatoms. The number of sulfonamides is 1. The number of benzene rings is 2. The molecule has 2 amide bonds. The number of ether oxygens (including phenoxy) is 1. The maximum atomic E-state index is 13.7. The summed E-state index contributed by atoms with van der Waals surface area (Å²) >= 11 is 0. The molecule has 1 aliphatic rings. The fourth-order valence-corrected chi connectivity index (χ4v) is 5.49. The normalized spacial score (nSPS) is 14.8. The van der Waals surface area contributed by atoms with Crippen LogP contribution in [0.5, 0.6) is 5.75 Å². The molecule has 2 aromatic rings. The van der Waals surface area contributed by atoms with E-state index in [-0.39, 0.29) is 18.5 Å². The van der Waals surface area contributed by atoms with Crippen molar-refractivity contribution in [2.24, 2.45) is 0 Å².